The van der Waals surface area contributed by atoms with E-state index in [1.165, 1.54) is 58.0 Å². The number of likely N-dealkylation sites (tertiary alicyclic amines) is 1. The van der Waals surface area contributed by atoms with Gasteiger partial charge in [0.25, 0.3) is 0 Å². The van der Waals surface area contributed by atoms with Gasteiger partial charge in [-0.25, -0.2) is 0 Å². The van der Waals surface area contributed by atoms with Gasteiger partial charge in [0.2, 0.25) is 0 Å². The van der Waals surface area contributed by atoms with Gasteiger partial charge in [-0.15, -0.1) is 0 Å². The van der Waals surface area contributed by atoms with E-state index in [4.69, 9.17) is 5.73 Å². The first-order valence-electron chi connectivity index (χ1n) is 7.25. The van der Waals surface area contributed by atoms with E-state index >= 15 is 0 Å². The Kier molecular flexibility index (Phi) is 4.66. The average molecular weight is 224 g/mol. The molecule has 2 fully saturated rings. The largest absolute Gasteiger partial charge is 0.330 e. The zero-order chi connectivity index (χ0) is 11.4. The Morgan fingerprint density at radius 3 is 2.62 bits per heavy atom. The summed E-state index contributed by atoms with van der Waals surface area (Å²) < 4.78 is 0. The van der Waals surface area contributed by atoms with Crippen LogP contribution in [0.1, 0.15) is 51.9 Å². The van der Waals surface area contributed by atoms with Crippen LogP contribution in [0, 0.1) is 11.8 Å². The van der Waals surface area contributed by atoms with Crippen molar-refractivity contribution < 1.29 is 0 Å². The van der Waals surface area contributed by atoms with Crippen LogP contribution >= 0.6 is 0 Å². The normalized spacial score (nSPS) is 30.0. The molecule has 2 atom stereocenters. The Bertz CT molecular complexity index is 199. The number of hydrogen-bond donors (Lipinski definition) is 1. The van der Waals surface area contributed by atoms with Gasteiger partial charge in [-0.05, 0) is 57.0 Å². The summed E-state index contributed by atoms with van der Waals surface area (Å²) in [5.41, 5.74) is 5.64. The molecule has 1 aliphatic carbocycles. The summed E-state index contributed by atoms with van der Waals surface area (Å²) in [5, 5.41) is 0. The van der Waals surface area contributed by atoms with E-state index in [0.717, 1.165) is 24.4 Å². The van der Waals surface area contributed by atoms with Crippen LogP contribution in [-0.2, 0) is 0 Å². The third kappa shape index (κ3) is 2.98. The fourth-order valence-electron chi connectivity index (χ4n) is 3.73. The van der Waals surface area contributed by atoms with E-state index in [-0.39, 0.29) is 0 Å². The topological polar surface area (TPSA) is 29.3 Å². The van der Waals surface area contributed by atoms with Gasteiger partial charge in [0, 0.05) is 12.6 Å². The van der Waals surface area contributed by atoms with E-state index < -0.39 is 0 Å². The van der Waals surface area contributed by atoms with Crippen molar-refractivity contribution in [3.63, 3.8) is 0 Å². The summed E-state index contributed by atoms with van der Waals surface area (Å²) in [6.45, 7) is 5.84. The molecule has 2 heteroatoms. The first-order valence-corrected chi connectivity index (χ1v) is 7.25. The van der Waals surface area contributed by atoms with Gasteiger partial charge in [0.05, 0.1) is 0 Å². The Balaban J connectivity index is 1.82. The summed E-state index contributed by atoms with van der Waals surface area (Å²) in [6, 6.07) is 0.919. The van der Waals surface area contributed by atoms with Crippen LogP contribution in [-0.4, -0.2) is 30.6 Å². The number of nitrogens with two attached hydrogens (primary N) is 1. The zero-order valence-electron chi connectivity index (χ0n) is 10.8. The van der Waals surface area contributed by atoms with Gasteiger partial charge < -0.3 is 5.73 Å². The van der Waals surface area contributed by atoms with Crippen LogP contribution < -0.4 is 5.73 Å². The monoisotopic (exact) mass is 224 g/mol. The van der Waals surface area contributed by atoms with E-state index in [1.807, 2.05) is 0 Å². The van der Waals surface area contributed by atoms with Gasteiger partial charge in [0.15, 0.2) is 0 Å². The maximum atomic E-state index is 5.64. The molecule has 1 saturated carbocycles. The smallest absolute Gasteiger partial charge is 0.0124 e. The molecule has 1 heterocycles. The molecule has 16 heavy (non-hydrogen) atoms. The Morgan fingerprint density at radius 1 is 1.19 bits per heavy atom. The summed E-state index contributed by atoms with van der Waals surface area (Å²) in [7, 11) is 0. The lowest BCUT2D eigenvalue weighted by atomic mass is 9.95. The van der Waals surface area contributed by atoms with Gasteiger partial charge in [-0.3, -0.25) is 4.90 Å². The van der Waals surface area contributed by atoms with Crippen molar-refractivity contribution >= 4 is 0 Å². The SMILES string of the molecule is CC(CCN)CN1CCCC1C1CCCC1. The van der Waals surface area contributed by atoms with Crippen LogP contribution in [0.25, 0.3) is 0 Å². The second-order valence-corrected chi connectivity index (χ2v) is 5.93. The third-order valence-corrected chi connectivity index (χ3v) is 4.56. The quantitative estimate of drug-likeness (QED) is 0.778. The van der Waals surface area contributed by atoms with Crippen molar-refractivity contribution in [3.8, 4) is 0 Å². The van der Waals surface area contributed by atoms with Gasteiger partial charge >= 0.3 is 0 Å². The molecule has 94 valence electrons. The van der Waals surface area contributed by atoms with E-state index in [2.05, 4.69) is 11.8 Å². The first kappa shape index (κ1) is 12.4. The second-order valence-electron chi connectivity index (χ2n) is 5.93. The van der Waals surface area contributed by atoms with Crippen molar-refractivity contribution in [3.05, 3.63) is 0 Å². The summed E-state index contributed by atoms with van der Waals surface area (Å²) in [6.07, 6.45) is 10.0. The highest BCUT2D eigenvalue weighted by Gasteiger charge is 2.33. The molecule has 2 nitrogen and oxygen atoms in total. The maximum Gasteiger partial charge on any atom is 0.0124 e. The number of rotatable bonds is 5. The molecule has 1 aliphatic heterocycles. The maximum absolute atomic E-state index is 5.64. The highest BCUT2D eigenvalue weighted by Crippen LogP contribution is 2.35. The Labute approximate surface area is 101 Å². The predicted octanol–water partition coefficient (Wildman–Crippen LogP) is 2.63. The average Bonchev–Trinajstić information content (AvgIpc) is 2.86. The minimum atomic E-state index is 0.784. The summed E-state index contributed by atoms with van der Waals surface area (Å²) >= 11 is 0. The summed E-state index contributed by atoms with van der Waals surface area (Å²) in [4.78, 5) is 2.77. The Hall–Kier alpha value is -0.0800. The van der Waals surface area contributed by atoms with Crippen molar-refractivity contribution in [2.24, 2.45) is 17.6 Å². The van der Waals surface area contributed by atoms with Crippen LogP contribution in [0.15, 0.2) is 0 Å². The molecule has 2 rings (SSSR count). The van der Waals surface area contributed by atoms with Crippen molar-refractivity contribution in [1.29, 1.82) is 0 Å². The van der Waals surface area contributed by atoms with Crippen LogP contribution in [0.5, 0.6) is 0 Å². The molecule has 1 saturated heterocycles. The summed E-state index contributed by atoms with van der Waals surface area (Å²) in [5.74, 6) is 1.81. The van der Waals surface area contributed by atoms with Gasteiger partial charge in [-0.1, -0.05) is 19.8 Å². The Morgan fingerprint density at radius 2 is 1.94 bits per heavy atom. The number of nitrogens with zero attached hydrogens (tertiary/aromatic N) is 1. The minimum absolute atomic E-state index is 0.784. The van der Waals surface area contributed by atoms with Gasteiger partial charge in [-0.2, -0.15) is 0 Å². The molecular weight excluding hydrogens is 196 g/mol. The molecular formula is C14H28N2. The van der Waals surface area contributed by atoms with Crippen LogP contribution in [0.2, 0.25) is 0 Å². The number of hydrogen-bond acceptors (Lipinski definition) is 2. The van der Waals surface area contributed by atoms with Crippen LogP contribution in [0.3, 0.4) is 0 Å². The van der Waals surface area contributed by atoms with E-state index in [1.54, 1.807) is 0 Å². The van der Waals surface area contributed by atoms with Crippen LogP contribution in [0.4, 0.5) is 0 Å². The van der Waals surface area contributed by atoms with Gasteiger partial charge in [0.1, 0.15) is 0 Å². The fourth-order valence-corrected chi connectivity index (χ4v) is 3.73. The lowest BCUT2D eigenvalue weighted by Gasteiger charge is -2.31. The highest BCUT2D eigenvalue weighted by molar-refractivity contribution is 4.87. The molecule has 0 amide bonds. The molecule has 0 aromatic carbocycles. The zero-order valence-corrected chi connectivity index (χ0v) is 10.8. The minimum Gasteiger partial charge on any atom is -0.330 e. The van der Waals surface area contributed by atoms with E-state index in [0.29, 0.717) is 0 Å². The lowest BCUT2D eigenvalue weighted by Crippen LogP contribution is -2.37. The molecule has 2 aliphatic rings. The molecule has 0 radical (unpaired) electrons. The third-order valence-electron chi connectivity index (χ3n) is 4.56. The molecule has 2 N–H and O–H groups in total. The molecule has 0 spiro atoms. The highest BCUT2D eigenvalue weighted by atomic mass is 15.2. The fraction of sp³-hybridized carbons (Fsp3) is 1.00. The van der Waals surface area contributed by atoms with Crippen molar-refractivity contribution in [2.45, 2.75) is 57.9 Å². The first-order chi connectivity index (χ1) is 7.81. The van der Waals surface area contributed by atoms with E-state index in [9.17, 15) is 0 Å². The standard InChI is InChI=1S/C14H28N2/c1-12(8-9-15)11-16-10-4-7-14(16)13-5-2-3-6-13/h12-14H,2-11,15H2,1H3. The molecule has 0 bridgehead atoms. The van der Waals surface area contributed by atoms with Crippen molar-refractivity contribution in [1.82, 2.24) is 4.90 Å². The predicted molar refractivity (Wildman–Crippen MR) is 69.4 cm³/mol. The molecule has 2 unspecified atom stereocenters. The van der Waals surface area contributed by atoms with Crippen molar-refractivity contribution in [2.75, 3.05) is 19.6 Å². The molecule has 0 aromatic heterocycles. The molecule has 0 aromatic rings. The second kappa shape index (κ2) is 6.02. The lowest BCUT2D eigenvalue weighted by molar-refractivity contribution is 0.166.